The van der Waals surface area contributed by atoms with E-state index < -0.39 is 11.7 Å². The second-order valence-corrected chi connectivity index (χ2v) is 5.81. The van der Waals surface area contributed by atoms with Crippen molar-refractivity contribution in [2.75, 3.05) is 0 Å². The second-order valence-electron chi connectivity index (χ2n) is 5.81. The van der Waals surface area contributed by atoms with Gasteiger partial charge >= 0.3 is 5.97 Å². The Morgan fingerprint density at radius 3 is 2.00 bits per heavy atom. The van der Waals surface area contributed by atoms with Crippen LogP contribution in [0.1, 0.15) is 71.1 Å². The highest BCUT2D eigenvalue weighted by molar-refractivity contribution is 5.84. The lowest BCUT2D eigenvalue weighted by Crippen LogP contribution is -2.03. The molecule has 0 heterocycles. The van der Waals surface area contributed by atoms with E-state index in [2.05, 4.69) is 22.9 Å². The summed E-state index contributed by atoms with van der Waals surface area (Å²) in [6.45, 7) is 2.24. The van der Waals surface area contributed by atoms with Gasteiger partial charge in [0.2, 0.25) is 0 Å². The normalized spacial score (nSPS) is 12.6. The monoisotopic (exact) mass is 352 g/mol. The summed E-state index contributed by atoms with van der Waals surface area (Å²) in [6.07, 6.45) is 25.2. The molecular weight excluding hydrogens is 320 g/mol. The summed E-state index contributed by atoms with van der Waals surface area (Å²) in [5.41, 5.74) is 0. The van der Waals surface area contributed by atoms with Crippen LogP contribution in [0.4, 0.5) is 0 Å². The van der Waals surface area contributed by atoms with Gasteiger partial charge in [0.1, 0.15) is 0 Å². The van der Waals surface area contributed by atoms with E-state index in [0.29, 0.717) is 0 Å². The van der Waals surface area contributed by atoms with Crippen LogP contribution in [0.2, 0.25) is 0 Å². The number of carboxylic acid groups (broad SMARTS) is 1. The standard InChI is InChI=1S/C20H32O5/c1-2-3-4-5-6-7-8-9-10-11-12-13-14-15-16-17-18-19(20(21)22)24-25-23/h12-18,23H,2-11H2,1H3,(H,21,22)/b13-12+,15-14+,17-16+,19-18-. The fourth-order valence-corrected chi connectivity index (χ4v) is 2.26. The highest BCUT2D eigenvalue weighted by Gasteiger charge is 2.07. The number of hydrogen-bond donors (Lipinski definition) is 2. The molecule has 0 bridgehead atoms. The van der Waals surface area contributed by atoms with Crippen molar-refractivity contribution in [2.24, 2.45) is 0 Å². The third kappa shape index (κ3) is 16.8. The van der Waals surface area contributed by atoms with Crippen molar-refractivity contribution < 1.29 is 25.1 Å². The van der Waals surface area contributed by atoms with E-state index in [4.69, 9.17) is 10.4 Å². The van der Waals surface area contributed by atoms with Gasteiger partial charge in [-0.3, -0.25) is 0 Å². The summed E-state index contributed by atoms with van der Waals surface area (Å²) in [5.74, 6) is -1.84. The summed E-state index contributed by atoms with van der Waals surface area (Å²) in [7, 11) is 0. The molecule has 0 aliphatic heterocycles. The molecule has 0 rings (SSSR count). The zero-order valence-corrected chi connectivity index (χ0v) is 15.2. The minimum atomic E-state index is -1.33. The van der Waals surface area contributed by atoms with Crippen LogP contribution in [0.15, 0.2) is 48.3 Å². The molecule has 0 fully saturated rings. The van der Waals surface area contributed by atoms with Crippen molar-refractivity contribution in [1.82, 2.24) is 0 Å². The van der Waals surface area contributed by atoms with Gasteiger partial charge in [-0.15, -0.1) is 0 Å². The Morgan fingerprint density at radius 2 is 1.40 bits per heavy atom. The van der Waals surface area contributed by atoms with Gasteiger partial charge in [-0.05, 0) is 24.0 Å². The summed E-state index contributed by atoms with van der Waals surface area (Å²) in [4.78, 5) is 14.7. The minimum Gasteiger partial charge on any atom is -0.475 e. The zero-order valence-electron chi connectivity index (χ0n) is 15.2. The van der Waals surface area contributed by atoms with Crippen LogP contribution in [-0.2, 0) is 14.7 Å². The summed E-state index contributed by atoms with van der Waals surface area (Å²) in [6, 6.07) is 0. The third-order valence-corrected chi connectivity index (χ3v) is 3.64. The van der Waals surface area contributed by atoms with Crippen molar-refractivity contribution in [3.8, 4) is 0 Å². The van der Waals surface area contributed by atoms with Crippen LogP contribution in [0.25, 0.3) is 0 Å². The maximum Gasteiger partial charge on any atom is 0.375 e. The van der Waals surface area contributed by atoms with Crippen molar-refractivity contribution in [3.63, 3.8) is 0 Å². The summed E-state index contributed by atoms with van der Waals surface area (Å²) in [5, 5.41) is 20.1. The number of carboxylic acids is 1. The predicted molar refractivity (Wildman–Crippen MR) is 99.8 cm³/mol. The van der Waals surface area contributed by atoms with Crippen LogP contribution in [-0.4, -0.2) is 16.3 Å². The Kier molecular flexibility index (Phi) is 17.1. The van der Waals surface area contributed by atoms with Crippen LogP contribution < -0.4 is 0 Å². The van der Waals surface area contributed by atoms with E-state index in [1.807, 2.05) is 12.2 Å². The van der Waals surface area contributed by atoms with E-state index in [1.165, 1.54) is 69.9 Å². The Morgan fingerprint density at radius 1 is 0.840 bits per heavy atom. The fraction of sp³-hybridized carbons (Fsp3) is 0.550. The van der Waals surface area contributed by atoms with Gasteiger partial charge in [-0.1, -0.05) is 94.7 Å². The van der Waals surface area contributed by atoms with Gasteiger partial charge in [0.25, 0.3) is 5.76 Å². The molecule has 0 spiro atoms. The number of aliphatic carboxylic acids is 1. The maximum absolute atomic E-state index is 10.6. The molecule has 25 heavy (non-hydrogen) atoms. The molecule has 5 heteroatoms. The molecule has 0 aromatic carbocycles. The molecular formula is C20H32O5. The molecule has 142 valence electrons. The quantitative estimate of drug-likeness (QED) is 0.0894. The van der Waals surface area contributed by atoms with Gasteiger partial charge in [-0.25, -0.2) is 10.1 Å². The number of rotatable bonds is 16. The van der Waals surface area contributed by atoms with E-state index in [0.717, 1.165) is 6.42 Å². The smallest absolute Gasteiger partial charge is 0.375 e. The second kappa shape index (κ2) is 18.5. The fourth-order valence-electron chi connectivity index (χ4n) is 2.26. The van der Waals surface area contributed by atoms with Crippen LogP contribution in [0, 0.1) is 0 Å². The molecule has 2 N–H and O–H groups in total. The average molecular weight is 352 g/mol. The molecule has 0 radical (unpaired) electrons. The predicted octanol–water partition coefficient (Wildman–Crippen LogP) is 5.97. The topological polar surface area (TPSA) is 76.0 Å². The lowest BCUT2D eigenvalue weighted by molar-refractivity contribution is -0.470. The van der Waals surface area contributed by atoms with Crippen molar-refractivity contribution >= 4 is 5.97 Å². The molecule has 0 unspecified atom stereocenters. The van der Waals surface area contributed by atoms with E-state index in [-0.39, 0.29) is 0 Å². The molecule has 0 aromatic rings. The number of carbonyl (C=O) groups is 1. The van der Waals surface area contributed by atoms with Gasteiger partial charge in [0.05, 0.1) is 0 Å². The van der Waals surface area contributed by atoms with E-state index in [1.54, 1.807) is 12.2 Å². The molecule has 0 aliphatic rings. The van der Waals surface area contributed by atoms with Gasteiger partial charge in [-0.2, -0.15) is 0 Å². The first-order valence-electron chi connectivity index (χ1n) is 9.14. The highest BCUT2D eigenvalue weighted by Crippen LogP contribution is 2.10. The van der Waals surface area contributed by atoms with Gasteiger partial charge in [0.15, 0.2) is 0 Å². The van der Waals surface area contributed by atoms with Crippen LogP contribution in [0.5, 0.6) is 0 Å². The Bertz CT molecular complexity index is 435. The van der Waals surface area contributed by atoms with Crippen LogP contribution >= 0.6 is 0 Å². The minimum absolute atomic E-state index is 0.506. The lowest BCUT2D eigenvalue weighted by atomic mass is 10.1. The number of unbranched alkanes of at least 4 members (excludes halogenated alkanes) is 9. The molecule has 0 amide bonds. The first-order chi connectivity index (χ1) is 12.2. The Hall–Kier alpha value is -1.85. The SMILES string of the molecule is CCCCCCCCCCC/C=C/C=C/C=C/C=C(\OOO)C(=O)O. The molecule has 5 nitrogen and oxygen atoms in total. The van der Waals surface area contributed by atoms with Gasteiger partial charge < -0.3 is 9.99 Å². The van der Waals surface area contributed by atoms with Gasteiger partial charge in [0, 0.05) is 0 Å². The van der Waals surface area contributed by atoms with Crippen LogP contribution in [0.3, 0.4) is 0 Å². The van der Waals surface area contributed by atoms with Crippen molar-refractivity contribution in [1.29, 1.82) is 0 Å². The van der Waals surface area contributed by atoms with E-state index in [9.17, 15) is 4.79 Å². The summed E-state index contributed by atoms with van der Waals surface area (Å²) >= 11 is 0. The molecule has 0 atom stereocenters. The largest absolute Gasteiger partial charge is 0.475 e. The molecule has 0 aromatic heterocycles. The Labute approximate surface area is 151 Å². The third-order valence-electron chi connectivity index (χ3n) is 3.64. The molecule has 0 aliphatic carbocycles. The highest BCUT2D eigenvalue weighted by atomic mass is 17.5. The van der Waals surface area contributed by atoms with E-state index >= 15 is 0 Å². The molecule has 0 saturated heterocycles. The number of hydrogen-bond acceptors (Lipinski definition) is 4. The average Bonchev–Trinajstić information content (AvgIpc) is 2.60. The molecule has 0 saturated carbocycles. The summed E-state index contributed by atoms with van der Waals surface area (Å²) < 4.78 is 0. The lowest BCUT2D eigenvalue weighted by Gasteiger charge is -2.00. The van der Waals surface area contributed by atoms with Crippen molar-refractivity contribution in [2.45, 2.75) is 71.1 Å². The van der Waals surface area contributed by atoms with Crippen molar-refractivity contribution in [3.05, 3.63) is 48.3 Å². The first kappa shape index (κ1) is 23.1. The maximum atomic E-state index is 10.6. The zero-order chi connectivity index (χ0) is 18.6. The number of allylic oxidation sites excluding steroid dienone is 7. The Balaban J connectivity index is 3.64. The first-order valence-corrected chi connectivity index (χ1v) is 9.14.